The number of anilines is 1. The Hall–Kier alpha value is -2.25. The van der Waals surface area contributed by atoms with Crippen LogP contribution in [0.1, 0.15) is 40.2 Å². The lowest BCUT2D eigenvalue weighted by Crippen LogP contribution is -2.29. The van der Waals surface area contributed by atoms with E-state index in [1.54, 1.807) is 24.3 Å². The molecule has 0 radical (unpaired) electrons. The Morgan fingerprint density at radius 1 is 1.13 bits per heavy atom. The van der Waals surface area contributed by atoms with Crippen molar-refractivity contribution in [2.45, 2.75) is 24.9 Å². The quantitative estimate of drug-likeness (QED) is 0.642. The minimum absolute atomic E-state index is 0.0668. The fourth-order valence-electron chi connectivity index (χ4n) is 4.94. The van der Waals surface area contributed by atoms with Crippen LogP contribution in [0.2, 0.25) is 5.02 Å². The summed E-state index contributed by atoms with van der Waals surface area (Å²) in [6.45, 7) is 2.06. The van der Waals surface area contributed by atoms with Crippen molar-refractivity contribution in [2.75, 3.05) is 25.1 Å². The van der Waals surface area contributed by atoms with E-state index in [4.69, 9.17) is 11.6 Å². The van der Waals surface area contributed by atoms with Crippen LogP contribution in [0.15, 0.2) is 42.5 Å². The van der Waals surface area contributed by atoms with Gasteiger partial charge in [0.2, 0.25) is 0 Å². The van der Waals surface area contributed by atoms with Gasteiger partial charge in [0.15, 0.2) is 0 Å². The van der Waals surface area contributed by atoms with E-state index in [-0.39, 0.29) is 11.5 Å². The second-order valence-electron chi connectivity index (χ2n) is 8.14. The van der Waals surface area contributed by atoms with Crippen LogP contribution in [0, 0.1) is 11.8 Å². The number of nitrogens with zero attached hydrogens (tertiary/aromatic N) is 1. The van der Waals surface area contributed by atoms with Crippen LogP contribution in [-0.2, 0) is 6.18 Å². The number of rotatable bonds is 5. The van der Waals surface area contributed by atoms with E-state index in [1.165, 1.54) is 18.2 Å². The summed E-state index contributed by atoms with van der Waals surface area (Å²) >= 11 is 5.88. The summed E-state index contributed by atoms with van der Waals surface area (Å²) in [6.07, 6.45) is -2.84. The number of nitrogens with one attached hydrogen (secondary N) is 1. The standard InChI is InChI=1S/C22H22ClF3N2O2/c23-16-5-6-20(18(9-16)21(29)30)27-12-28-10-14-7-13(8-15(14)11-28)17-3-1-2-4-19(17)22(24,25)26/h1-6,9,13-15,27H,7-8,10-12H2,(H,29,30)/t13-,14-,15+. The van der Waals surface area contributed by atoms with Crippen molar-refractivity contribution in [1.29, 1.82) is 0 Å². The predicted octanol–water partition coefficient (Wildman–Crippen LogP) is 5.55. The topological polar surface area (TPSA) is 52.6 Å². The molecule has 2 aliphatic rings. The van der Waals surface area contributed by atoms with E-state index >= 15 is 0 Å². The van der Waals surface area contributed by atoms with Crippen LogP contribution >= 0.6 is 11.6 Å². The van der Waals surface area contributed by atoms with Gasteiger partial charge in [0.1, 0.15) is 0 Å². The molecule has 0 unspecified atom stereocenters. The summed E-state index contributed by atoms with van der Waals surface area (Å²) in [7, 11) is 0. The van der Waals surface area contributed by atoms with Gasteiger partial charge in [0.05, 0.1) is 17.8 Å². The molecule has 1 aliphatic carbocycles. The van der Waals surface area contributed by atoms with E-state index in [1.807, 2.05) is 0 Å². The third kappa shape index (κ3) is 4.27. The van der Waals surface area contributed by atoms with Gasteiger partial charge in [-0.2, -0.15) is 13.2 Å². The van der Waals surface area contributed by atoms with E-state index in [9.17, 15) is 23.1 Å². The van der Waals surface area contributed by atoms with E-state index < -0.39 is 17.7 Å². The van der Waals surface area contributed by atoms with Crippen molar-refractivity contribution in [1.82, 2.24) is 4.90 Å². The number of aromatic carboxylic acids is 1. The zero-order valence-corrected chi connectivity index (χ0v) is 16.9. The molecule has 8 heteroatoms. The first-order valence-corrected chi connectivity index (χ1v) is 10.3. The Bertz CT molecular complexity index is 936. The zero-order valence-electron chi connectivity index (χ0n) is 16.1. The molecular weight excluding hydrogens is 417 g/mol. The number of carboxylic acids is 1. The van der Waals surface area contributed by atoms with Crippen molar-refractivity contribution in [2.24, 2.45) is 11.8 Å². The first-order valence-electron chi connectivity index (χ1n) is 9.87. The highest BCUT2D eigenvalue weighted by Gasteiger charge is 2.43. The molecule has 2 aromatic rings. The van der Waals surface area contributed by atoms with Crippen LogP contribution in [0.3, 0.4) is 0 Å². The maximum atomic E-state index is 13.4. The van der Waals surface area contributed by atoms with Gasteiger partial charge >= 0.3 is 12.1 Å². The maximum Gasteiger partial charge on any atom is 0.416 e. The van der Waals surface area contributed by atoms with E-state index in [0.717, 1.165) is 25.9 Å². The molecule has 2 N–H and O–H groups in total. The molecule has 0 bridgehead atoms. The van der Waals surface area contributed by atoms with Gasteiger partial charge in [-0.1, -0.05) is 29.8 Å². The van der Waals surface area contributed by atoms with Crippen LogP contribution < -0.4 is 5.32 Å². The van der Waals surface area contributed by atoms with Crippen molar-refractivity contribution in [3.8, 4) is 0 Å². The zero-order chi connectivity index (χ0) is 21.5. The van der Waals surface area contributed by atoms with Gasteiger partial charge < -0.3 is 10.4 Å². The number of benzene rings is 2. The molecule has 0 amide bonds. The second-order valence-corrected chi connectivity index (χ2v) is 8.58. The van der Waals surface area contributed by atoms with Gasteiger partial charge in [-0.3, -0.25) is 4.90 Å². The molecule has 2 fully saturated rings. The number of hydrogen-bond acceptors (Lipinski definition) is 3. The summed E-state index contributed by atoms with van der Waals surface area (Å²) in [6, 6.07) is 10.6. The molecule has 1 aliphatic heterocycles. The van der Waals surface area contributed by atoms with E-state index in [2.05, 4.69) is 10.2 Å². The smallest absolute Gasteiger partial charge is 0.416 e. The largest absolute Gasteiger partial charge is 0.478 e. The Labute approximate surface area is 177 Å². The number of hydrogen-bond donors (Lipinski definition) is 2. The monoisotopic (exact) mass is 438 g/mol. The van der Waals surface area contributed by atoms with E-state index in [0.29, 0.717) is 34.8 Å². The molecule has 0 spiro atoms. The summed E-state index contributed by atoms with van der Waals surface area (Å²) in [4.78, 5) is 13.6. The first kappa shape index (κ1) is 21.0. The minimum Gasteiger partial charge on any atom is -0.478 e. The number of alkyl halides is 3. The molecule has 0 aromatic heterocycles. The minimum atomic E-state index is -4.33. The number of fused-ring (bicyclic) bond motifs is 1. The van der Waals surface area contributed by atoms with Crippen LogP contribution in [0.25, 0.3) is 0 Å². The third-order valence-electron chi connectivity index (χ3n) is 6.24. The molecule has 30 heavy (non-hydrogen) atoms. The highest BCUT2D eigenvalue weighted by Crippen LogP contribution is 2.48. The number of carboxylic acid groups (broad SMARTS) is 1. The van der Waals surface area contributed by atoms with Crippen molar-refractivity contribution in [3.05, 3.63) is 64.2 Å². The lowest BCUT2D eigenvalue weighted by Gasteiger charge is -2.22. The normalized spacial score (nSPS) is 24.1. The summed E-state index contributed by atoms with van der Waals surface area (Å²) < 4.78 is 40.1. The highest BCUT2D eigenvalue weighted by molar-refractivity contribution is 6.31. The molecule has 4 nitrogen and oxygen atoms in total. The molecular formula is C22H22ClF3N2O2. The lowest BCUT2D eigenvalue weighted by atomic mass is 9.91. The molecule has 1 heterocycles. The summed E-state index contributed by atoms with van der Waals surface area (Å²) in [5, 5.41) is 12.9. The van der Waals surface area contributed by atoms with Crippen molar-refractivity contribution >= 4 is 23.3 Å². The van der Waals surface area contributed by atoms with Gasteiger partial charge in [0, 0.05) is 23.8 Å². The highest BCUT2D eigenvalue weighted by atomic mass is 35.5. The molecule has 1 saturated carbocycles. The first-order chi connectivity index (χ1) is 14.2. The fourth-order valence-corrected chi connectivity index (χ4v) is 5.11. The summed E-state index contributed by atoms with van der Waals surface area (Å²) in [5.74, 6) is -0.420. The van der Waals surface area contributed by atoms with Crippen LogP contribution in [-0.4, -0.2) is 35.7 Å². The predicted molar refractivity (Wildman–Crippen MR) is 109 cm³/mol. The third-order valence-corrected chi connectivity index (χ3v) is 6.47. The molecule has 4 rings (SSSR count). The number of likely N-dealkylation sites (tertiary alicyclic amines) is 1. The average molecular weight is 439 g/mol. The van der Waals surface area contributed by atoms with Gasteiger partial charge in [-0.05, 0) is 60.4 Å². The maximum absolute atomic E-state index is 13.4. The Morgan fingerprint density at radius 2 is 1.80 bits per heavy atom. The Kier molecular flexibility index (Phi) is 5.68. The SMILES string of the molecule is O=C(O)c1cc(Cl)ccc1NCN1C[C@H]2C[C@@H](c3ccccc3C(F)(F)F)C[C@H]2C1. The fraction of sp³-hybridized carbons (Fsp3) is 0.409. The van der Waals surface area contributed by atoms with Crippen molar-refractivity contribution < 1.29 is 23.1 Å². The van der Waals surface area contributed by atoms with Crippen LogP contribution in [0.5, 0.6) is 0 Å². The van der Waals surface area contributed by atoms with Gasteiger partial charge in [-0.15, -0.1) is 0 Å². The van der Waals surface area contributed by atoms with Gasteiger partial charge in [0.25, 0.3) is 0 Å². The molecule has 2 aromatic carbocycles. The van der Waals surface area contributed by atoms with Crippen molar-refractivity contribution in [3.63, 3.8) is 0 Å². The number of halogens is 4. The molecule has 1 saturated heterocycles. The average Bonchev–Trinajstić information content (AvgIpc) is 3.25. The Balaban J connectivity index is 1.38. The molecule has 3 atom stereocenters. The summed E-state index contributed by atoms with van der Waals surface area (Å²) in [5.41, 5.74) is 0.514. The molecule has 160 valence electrons. The van der Waals surface area contributed by atoms with Crippen LogP contribution in [0.4, 0.5) is 18.9 Å². The number of carbonyl (C=O) groups is 1. The Morgan fingerprint density at radius 3 is 2.43 bits per heavy atom. The lowest BCUT2D eigenvalue weighted by molar-refractivity contribution is -0.138. The second kappa shape index (κ2) is 8.12. The van der Waals surface area contributed by atoms with Gasteiger partial charge in [-0.25, -0.2) is 4.79 Å².